The lowest BCUT2D eigenvalue weighted by atomic mass is 10.2. The summed E-state index contributed by atoms with van der Waals surface area (Å²) in [6.45, 7) is 0.692. The molecule has 5 heteroatoms. The van der Waals surface area contributed by atoms with Gasteiger partial charge in [-0.3, -0.25) is 0 Å². The molecule has 0 saturated heterocycles. The molecule has 0 aliphatic heterocycles. The van der Waals surface area contributed by atoms with E-state index in [-0.39, 0.29) is 6.03 Å². The Balaban J connectivity index is 1.55. The molecule has 1 fully saturated rings. The maximum Gasteiger partial charge on any atom is 0.322 e. The number of thiophene rings is 1. The fraction of sp³-hybridized carbons (Fsp3) is 0.235. The van der Waals surface area contributed by atoms with Crippen LogP contribution in [0.5, 0.6) is 0 Å². The first kappa shape index (κ1) is 13.4. The van der Waals surface area contributed by atoms with Crippen molar-refractivity contribution in [3.05, 3.63) is 52.9 Å². The molecule has 2 heterocycles. The standard InChI is InChI=1S/C17H17N3OS/c21-17(19-16-5-1-4-15-14(16)8-9-18-15)20(12-6-7-12)11-13-3-2-10-22-13/h1-5,8-10,12,18H,6-7,11H2,(H,19,21). The highest BCUT2D eigenvalue weighted by Crippen LogP contribution is 2.30. The van der Waals surface area contributed by atoms with Crippen LogP contribution in [-0.2, 0) is 6.54 Å². The summed E-state index contributed by atoms with van der Waals surface area (Å²) in [6.07, 6.45) is 4.10. The molecule has 1 aromatic carbocycles. The Morgan fingerprint density at radius 3 is 2.95 bits per heavy atom. The van der Waals surface area contributed by atoms with Gasteiger partial charge in [0.1, 0.15) is 0 Å². The van der Waals surface area contributed by atoms with E-state index in [2.05, 4.69) is 21.7 Å². The van der Waals surface area contributed by atoms with Crippen LogP contribution in [0.4, 0.5) is 10.5 Å². The van der Waals surface area contributed by atoms with Crippen molar-refractivity contribution in [1.29, 1.82) is 0 Å². The molecule has 0 spiro atoms. The summed E-state index contributed by atoms with van der Waals surface area (Å²) in [5, 5.41) is 6.18. The number of aromatic amines is 1. The van der Waals surface area contributed by atoms with Crippen LogP contribution in [0.25, 0.3) is 10.9 Å². The SMILES string of the molecule is O=C(Nc1cccc2[nH]ccc12)N(Cc1cccs1)C1CC1. The number of fused-ring (bicyclic) bond motifs is 1. The molecule has 22 heavy (non-hydrogen) atoms. The number of aromatic nitrogens is 1. The van der Waals surface area contributed by atoms with E-state index in [1.54, 1.807) is 11.3 Å². The highest BCUT2D eigenvalue weighted by Gasteiger charge is 2.33. The molecule has 2 aromatic heterocycles. The summed E-state index contributed by atoms with van der Waals surface area (Å²) in [7, 11) is 0. The number of rotatable bonds is 4. The van der Waals surface area contributed by atoms with Gasteiger partial charge in [0, 0.05) is 28.0 Å². The number of hydrogen-bond donors (Lipinski definition) is 2. The van der Waals surface area contributed by atoms with Gasteiger partial charge in [-0.2, -0.15) is 0 Å². The molecule has 1 aliphatic carbocycles. The minimum Gasteiger partial charge on any atom is -0.361 e. The summed E-state index contributed by atoms with van der Waals surface area (Å²) in [6, 6.07) is 12.4. The molecule has 4 nitrogen and oxygen atoms in total. The van der Waals surface area contributed by atoms with E-state index in [1.165, 1.54) is 4.88 Å². The minimum absolute atomic E-state index is 0.00963. The fourth-order valence-electron chi connectivity index (χ4n) is 2.70. The Morgan fingerprint density at radius 1 is 1.27 bits per heavy atom. The van der Waals surface area contributed by atoms with E-state index in [0.29, 0.717) is 12.6 Å². The zero-order valence-electron chi connectivity index (χ0n) is 12.1. The van der Waals surface area contributed by atoms with Crippen molar-refractivity contribution >= 4 is 34.0 Å². The summed E-state index contributed by atoms with van der Waals surface area (Å²) >= 11 is 1.70. The number of carbonyl (C=O) groups excluding carboxylic acids is 1. The second kappa shape index (κ2) is 5.50. The predicted octanol–water partition coefficient (Wildman–Crippen LogP) is 4.43. The molecule has 1 saturated carbocycles. The average molecular weight is 311 g/mol. The molecular formula is C17H17N3OS. The second-order valence-electron chi connectivity index (χ2n) is 5.61. The van der Waals surface area contributed by atoms with Crippen LogP contribution >= 0.6 is 11.3 Å². The van der Waals surface area contributed by atoms with Gasteiger partial charge in [-0.15, -0.1) is 11.3 Å². The molecule has 0 radical (unpaired) electrons. The Bertz CT molecular complexity index is 789. The van der Waals surface area contributed by atoms with Crippen LogP contribution in [0.15, 0.2) is 48.0 Å². The van der Waals surface area contributed by atoms with E-state index < -0.39 is 0 Å². The van der Waals surface area contributed by atoms with Crippen molar-refractivity contribution in [1.82, 2.24) is 9.88 Å². The van der Waals surface area contributed by atoms with Gasteiger partial charge >= 0.3 is 6.03 Å². The van der Waals surface area contributed by atoms with Gasteiger partial charge in [-0.05, 0) is 42.5 Å². The van der Waals surface area contributed by atoms with Gasteiger partial charge in [0.15, 0.2) is 0 Å². The lowest BCUT2D eigenvalue weighted by molar-refractivity contribution is 0.206. The molecular weight excluding hydrogens is 294 g/mol. The summed E-state index contributed by atoms with van der Waals surface area (Å²) in [4.78, 5) is 19.0. The first-order chi connectivity index (χ1) is 10.8. The van der Waals surface area contributed by atoms with E-state index in [4.69, 9.17) is 0 Å². The quantitative estimate of drug-likeness (QED) is 0.736. The minimum atomic E-state index is -0.00963. The number of amides is 2. The molecule has 0 unspecified atom stereocenters. The zero-order valence-corrected chi connectivity index (χ0v) is 12.9. The third-order valence-corrected chi connectivity index (χ3v) is 4.85. The lowest BCUT2D eigenvalue weighted by Gasteiger charge is -2.22. The van der Waals surface area contributed by atoms with Gasteiger partial charge in [0.2, 0.25) is 0 Å². The van der Waals surface area contributed by atoms with Crippen LogP contribution in [0.3, 0.4) is 0 Å². The van der Waals surface area contributed by atoms with Crippen molar-refractivity contribution in [2.75, 3.05) is 5.32 Å². The highest BCUT2D eigenvalue weighted by molar-refractivity contribution is 7.09. The predicted molar refractivity (Wildman–Crippen MR) is 90.2 cm³/mol. The number of anilines is 1. The summed E-state index contributed by atoms with van der Waals surface area (Å²) < 4.78 is 0. The fourth-order valence-corrected chi connectivity index (χ4v) is 3.41. The van der Waals surface area contributed by atoms with Crippen LogP contribution in [0.1, 0.15) is 17.7 Å². The van der Waals surface area contributed by atoms with Gasteiger partial charge < -0.3 is 15.2 Å². The van der Waals surface area contributed by atoms with Gasteiger partial charge in [0.05, 0.1) is 12.2 Å². The molecule has 0 bridgehead atoms. The highest BCUT2D eigenvalue weighted by atomic mass is 32.1. The average Bonchev–Trinajstić information content (AvgIpc) is 3.02. The number of nitrogens with one attached hydrogen (secondary N) is 2. The number of hydrogen-bond acceptors (Lipinski definition) is 2. The van der Waals surface area contributed by atoms with E-state index >= 15 is 0 Å². The monoisotopic (exact) mass is 311 g/mol. The molecule has 0 atom stereocenters. The number of carbonyl (C=O) groups is 1. The molecule has 2 N–H and O–H groups in total. The summed E-state index contributed by atoms with van der Waals surface area (Å²) in [5.74, 6) is 0. The van der Waals surface area contributed by atoms with Crippen LogP contribution in [-0.4, -0.2) is 22.0 Å². The maximum atomic E-state index is 12.7. The van der Waals surface area contributed by atoms with Crippen molar-refractivity contribution in [2.45, 2.75) is 25.4 Å². The molecule has 2 amide bonds. The lowest BCUT2D eigenvalue weighted by Crippen LogP contribution is -2.36. The Hall–Kier alpha value is -2.27. The van der Waals surface area contributed by atoms with E-state index in [9.17, 15) is 4.79 Å². The summed E-state index contributed by atoms with van der Waals surface area (Å²) in [5.41, 5.74) is 1.90. The van der Waals surface area contributed by atoms with Crippen molar-refractivity contribution in [3.63, 3.8) is 0 Å². The molecule has 4 rings (SSSR count). The van der Waals surface area contributed by atoms with Gasteiger partial charge in [-0.25, -0.2) is 4.79 Å². The van der Waals surface area contributed by atoms with Crippen LogP contribution < -0.4 is 5.32 Å². The largest absolute Gasteiger partial charge is 0.361 e. The maximum absolute atomic E-state index is 12.7. The first-order valence-electron chi connectivity index (χ1n) is 7.47. The normalized spacial score (nSPS) is 14.2. The number of H-pyrrole nitrogens is 1. The van der Waals surface area contributed by atoms with Crippen LogP contribution in [0.2, 0.25) is 0 Å². The number of nitrogens with zero attached hydrogens (tertiary/aromatic N) is 1. The Morgan fingerprint density at radius 2 is 2.18 bits per heavy atom. The van der Waals surface area contributed by atoms with Gasteiger partial charge in [-0.1, -0.05) is 12.1 Å². The zero-order chi connectivity index (χ0) is 14.9. The topological polar surface area (TPSA) is 48.1 Å². The third kappa shape index (κ3) is 2.60. The first-order valence-corrected chi connectivity index (χ1v) is 8.35. The van der Waals surface area contributed by atoms with Crippen LogP contribution in [0, 0.1) is 0 Å². The molecule has 1 aliphatic rings. The molecule has 112 valence electrons. The Kier molecular flexibility index (Phi) is 3.35. The van der Waals surface area contributed by atoms with Gasteiger partial charge in [0.25, 0.3) is 0 Å². The van der Waals surface area contributed by atoms with Crippen molar-refractivity contribution < 1.29 is 4.79 Å². The van der Waals surface area contributed by atoms with E-state index in [0.717, 1.165) is 29.4 Å². The smallest absolute Gasteiger partial charge is 0.322 e. The Labute approximate surface area is 132 Å². The number of urea groups is 1. The molecule has 3 aromatic rings. The van der Waals surface area contributed by atoms with Crippen molar-refractivity contribution in [2.24, 2.45) is 0 Å². The van der Waals surface area contributed by atoms with Crippen molar-refractivity contribution in [3.8, 4) is 0 Å². The number of benzene rings is 1. The van der Waals surface area contributed by atoms with E-state index in [1.807, 2.05) is 41.4 Å². The second-order valence-corrected chi connectivity index (χ2v) is 6.65. The third-order valence-electron chi connectivity index (χ3n) is 3.99.